The van der Waals surface area contributed by atoms with Gasteiger partial charge in [-0.05, 0) is 56.4 Å². The van der Waals surface area contributed by atoms with Gasteiger partial charge in [0.1, 0.15) is 18.1 Å². The number of benzene rings is 2. The van der Waals surface area contributed by atoms with Gasteiger partial charge in [-0.25, -0.2) is 4.68 Å². The summed E-state index contributed by atoms with van der Waals surface area (Å²) in [6, 6.07) is 11.5. The van der Waals surface area contributed by atoms with Gasteiger partial charge in [-0.15, -0.1) is 0 Å². The summed E-state index contributed by atoms with van der Waals surface area (Å²) in [5, 5.41) is 6.58. The van der Waals surface area contributed by atoms with Crippen LogP contribution in [0.2, 0.25) is 5.02 Å². The van der Waals surface area contributed by atoms with Crippen LogP contribution in [0.15, 0.2) is 36.4 Å². The monoisotopic (exact) mass is 456 g/mol. The van der Waals surface area contributed by atoms with E-state index in [4.69, 9.17) is 30.9 Å². The number of hydrogen-bond donors (Lipinski definition) is 0. The average molecular weight is 457 g/mol. The van der Waals surface area contributed by atoms with Crippen molar-refractivity contribution >= 4 is 28.5 Å². The first-order chi connectivity index (χ1) is 15.6. The lowest BCUT2D eigenvalue weighted by molar-refractivity contribution is -0.142. The van der Waals surface area contributed by atoms with Crippen LogP contribution in [0.5, 0.6) is 5.75 Å². The van der Waals surface area contributed by atoms with Crippen LogP contribution in [-0.4, -0.2) is 29.0 Å². The van der Waals surface area contributed by atoms with E-state index < -0.39 is 0 Å². The Morgan fingerprint density at radius 2 is 2.06 bits per heavy atom. The highest BCUT2D eigenvalue weighted by molar-refractivity contribution is 6.31. The van der Waals surface area contributed by atoms with Crippen molar-refractivity contribution in [1.29, 1.82) is 0 Å². The molecular formula is C25H29ClN2O4. The summed E-state index contributed by atoms with van der Waals surface area (Å²) >= 11 is 6.44. The van der Waals surface area contributed by atoms with Gasteiger partial charge in [0, 0.05) is 22.6 Å². The first kappa shape index (κ1) is 22.6. The van der Waals surface area contributed by atoms with Gasteiger partial charge in [-0.3, -0.25) is 4.79 Å². The van der Waals surface area contributed by atoms with E-state index >= 15 is 0 Å². The Hall–Kier alpha value is -2.57. The Morgan fingerprint density at radius 1 is 1.22 bits per heavy atom. The van der Waals surface area contributed by atoms with Crippen LogP contribution in [-0.2, 0) is 33.7 Å². The minimum Gasteiger partial charge on any atom is -0.487 e. The minimum absolute atomic E-state index is 0.0809. The Labute approximate surface area is 193 Å². The third-order valence-electron chi connectivity index (χ3n) is 5.71. The van der Waals surface area contributed by atoms with Crippen LogP contribution in [0.3, 0.4) is 0 Å². The van der Waals surface area contributed by atoms with Crippen LogP contribution < -0.4 is 4.74 Å². The van der Waals surface area contributed by atoms with Crippen molar-refractivity contribution in [3.8, 4) is 5.75 Å². The largest absolute Gasteiger partial charge is 0.487 e. The highest BCUT2D eigenvalue weighted by Crippen LogP contribution is 2.33. The predicted molar refractivity (Wildman–Crippen MR) is 124 cm³/mol. The third-order valence-corrected chi connectivity index (χ3v) is 5.93. The first-order valence-corrected chi connectivity index (χ1v) is 11.7. The van der Waals surface area contributed by atoms with Crippen molar-refractivity contribution < 1.29 is 19.0 Å². The first-order valence-electron chi connectivity index (χ1n) is 11.3. The number of hydrogen-bond acceptors (Lipinski definition) is 5. The molecule has 1 saturated heterocycles. The van der Waals surface area contributed by atoms with E-state index in [9.17, 15) is 4.79 Å². The molecule has 0 saturated carbocycles. The Bertz CT molecular complexity index is 1090. The molecule has 1 aliphatic heterocycles. The zero-order valence-corrected chi connectivity index (χ0v) is 19.4. The summed E-state index contributed by atoms with van der Waals surface area (Å²) in [6.07, 6.45) is 4.07. The number of rotatable bonds is 8. The van der Waals surface area contributed by atoms with Crippen LogP contribution in [0.4, 0.5) is 0 Å². The van der Waals surface area contributed by atoms with Crippen molar-refractivity contribution in [1.82, 2.24) is 9.78 Å². The van der Waals surface area contributed by atoms with Crippen LogP contribution >= 0.6 is 11.6 Å². The molecule has 0 radical (unpaired) electrons. The summed E-state index contributed by atoms with van der Waals surface area (Å²) in [5.41, 5.74) is 3.79. The van der Waals surface area contributed by atoms with Crippen molar-refractivity contribution in [2.45, 2.75) is 58.8 Å². The van der Waals surface area contributed by atoms with Crippen molar-refractivity contribution in [3.05, 3.63) is 58.2 Å². The number of halogens is 1. The molecule has 1 aliphatic rings. The highest BCUT2D eigenvalue weighted by atomic mass is 35.5. The van der Waals surface area contributed by atoms with Gasteiger partial charge in [0.25, 0.3) is 0 Å². The normalized spacial score (nSPS) is 16.3. The minimum atomic E-state index is -0.271. The van der Waals surface area contributed by atoms with Gasteiger partial charge < -0.3 is 14.2 Å². The number of aryl methyl sites for hydroxylation is 1. The zero-order chi connectivity index (χ0) is 22.5. The topological polar surface area (TPSA) is 62.6 Å². The quantitative estimate of drug-likeness (QED) is 0.411. The molecule has 4 rings (SSSR count). The number of ether oxygens (including phenoxy) is 3. The summed E-state index contributed by atoms with van der Waals surface area (Å²) in [6.45, 7) is 5.28. The van der Waals surface area contributed by atoms with E-state index in [0.717, 1.165) is 60.0 Å². The predicted octanol–water partition coefficient (Wildman–Crippen LogP) is 5.64. The second kappa shape index (κ2) is 10.4. The van der Waals surface area contributed by atoms with E-state index in [1.165, 1.54) is 0 Å². The molecule has 1 fully saturated rings. The van der Waals surface area contributed by atoms with Gasteiger partial charge in [-0.2, -0.15) is 5.10 Å². The number of nitrogens with zero attached hydrogens (tertiary/aromatic N) is 2. The molecule has 0 N–H and O–H groups in total. The van der Waals surface area contributed by atoms with E-state index in [1.807, 2.05) is 41.1 Å². The Balaban J connectivity index is 1.65. The molecule has 2 aromatic carbocycles. The van der Waals surface area contributed by atoms with Crippen LogP contribution in [0, 0.1) is 0 Å². The molecule has 1 aromatic heterocycles. The number of carbonyl (C=O) groups is 1. The fourth-order valence-corrected chi connectivity index (χ4v) is 4.43. The molecule has 2 heterocycles. The maximum absolute atomic E-state index is 12.0. The molecule has 0 spiro atoms. The zero-order valence-electron chi connectivity index (χ0n) is 18.6. The Morgan fingerprint density at radius 3 is 2.81 bits per heavy atom. The van der Waals surface area contributed by atoms with E-state index in [-0.39, 0.29) is 25.2 Å². The Kier molecular flexibility index (Phi) is 7.33. The molecule has 1 unspecified atom stereocenters. The second-order valence-electron chi connectivity index (χ2n) is 7.91. The molecule has 170 valence electrons. The van der Waals surface area contributed by atoms with Gasteiger partial charge in [0.2, 0.25) is 0 Å². The average Bonchev–Trinajstić information content (AvgIpc) is 3.17. The van der Waals surface area contributed by atoms with E-state index in [1.54, 1.807) is 6.92 Å². The lowest BCUT2D eigenvalue weighted by Gasteiger charge is -2.24. The number of para-hydroxylation sites is 1. The number of esters is 1. The highest BCUT2D eigenvalue weighted by Gasteiger charge is 2.23. The van der Waals surface area contributed by atoms with Crippen molar-refractivity contribution in [2.24, 2.45) is 0 Å². The van der Waals surface area contributed by atoms with Gasteiger partial charge in [-0.1, -0.05) is 36.7 Å². The second-order valence-corrected chi connectivity index (χ2v) is 8.34. The van der Waals surface area contributed by atoms with Crippen LogP contribution in [0.25, 0.3) is 10.9 Å². The molecule has 32 heavy (non-hydrogen) atoms. The fourth-order valence-electron chi connectivity index (χ4n) is 4.19. The maximum Gasteiger partial charge on any atom is 0.310 e. The number of fused-ring (bicyclic) bond motifs is 1. The molecule has 1 atom stereocenters. The van der Waals surface area contributed by atoms with E-state index in [0.29, 0.717) is 17.4 Å². The molecule has 3 aromatic rings. The van der Waals surface area contributed by atoms with E-state index in [2.05, 4.69) is 6.92 Å². The third kappa shape index (κ3) is 4.92. The molecule has 0 aliphatic carbocycles. The smallest absolute Gasteiger partial charge is 0.310 e. The maximum atomic E-state index is 12.0. The fraction of sp³-hybridized carbons (Fsp3) is 0.440. The molecule has 0 amide bonds. The van der Waals surface area contributed by atoms with Crippen molar-refractivity contribution in [2.75, 3.05) is 13.2 Å². The summed E-state index contributed by atoms with van der Waals surface area (Å²) in [4.78, 5) is 12.0. The van der Waals surface area contributed by atoms with Gasteiger partial charge in [0.05, 0.1) is 18.5 Å². The standard InChI is InChI=1S/C25H29ClN2O4/c1-3-17-13-19(26)15-20-21(27-28(25(17)20)23-11-7-8-12-31-23)16-32-22-10-6-5-9-18(22)14-24(29)30-4-2/h5-6,9-10,13,15,23H,3-4,7-8,11-12,14,16H2,1-2H3. The summed E-state index contributed by atoms with van der Waals surface area (Å²) < 4.78 is 19.3. The molecule has 0 bridgehead atoms. The number of aromatic nitrogens is 2. The lowest BCUT2D eigenvalue weighted by atomic mass is 10.1. The number of carbonyl (C=O) groups excluding carboxylic acids is 1. The van der Waals surface area contributed by atoms with Crippen molar-refractivity contribution in [3.63, 3.8) is 0 Å². The molecule has 6 nitrogen and oxygen atoms in total. The van der Waals surface area contributed by atoms with Gasteiger partial charge >= 0.3 is 5.97 Å². The van der Waals surface area contributed by atoms with Gasteiger partial charge in [0.15, 0.2) is 6.23 Å². The SMILES string of the molecule is CCOC(=O)Cc1ccccc1OCc1nn(C2CCCCO2)c2c(CC)cc(Cl)cc12. The molecule has 7 heteroatoms. The van der Waals surface area contributed by atoms with Crippen LogP contribution in [0.1, 0.15) is 56.2 Å². The lowest BCUT2D eigenvalue weighted by Crippen LogP contribution is -2.19. The summed E-state index contributed by atoms with van der Waals surface area (Å²) in [7, 11) is 0. The molecular weight excluding hydrogens is 428 g/mol. The summed E-state index contributed by atoms with van der Waals surface area (Å²) in [5.74, 6) is 0.377.